The second kappa shape index (κ2) is 7.40. The number of hydrogen-bond acceptors (Lipinski definition) is 6. The van der Waals surface area contributed by atoms with Crippen LogP contribution in [-0.4, -0.2) is 39.7 Å². The number of aliphatic hydroxyl groups excluding tert-OH is 1. The number of anilines is 2. The summed E-state index contributed by atoms with van der Waals surface area (Å²) >= 11 is 0. The number of nitrogens with one attached hydrogen (secondary N) is 2. The number of amides is 1. The number of aromatic nitrogens is 2. The summed E-state index contributed by atoms with van der Waals surface area (Å²) in [5.41, 5.74) is 5.65. The summed E-state index contributed by atoms with van der Waals surface area (Å²) in [5, 5.41) is 15.6. The van der Waals surface area contributed by atoms with Crippen molar-refractivity contribution in [2.75, 3.05) is 17.2 Å². The fourth-order valence-electron chi connectivity index (χ4n) is 2.69. The zero-order chi connectivity index (χ0) is 16.1. The van der Waals surface area contributed by atoms with Crippen LogP contribution in [0.25, 0.3) is 0 Å². The molecule has 22 heavy (non-hydrogen) atoms. The van der Waals surface area contributed by atoms with E-state index in [1.807, 2.05) is 13.8 Å². The zero-order valence-corrected chi connectivity index (χ0v) is 13.2. The lowest BCUT2D eigenvalue weighted by molar-refractivity contribution is 0.100. The smallest absolute Gasteiger partial charge is 0.254 e. The average molecular weight is 307 g/mol. The Kier molecular flexibility index (Phi) is 5.54. The molecule has 1 saturated carbocycles. The zero-order valence-electron chi connectivity index (χ0n) is 13.2. The van der Waals surface area contributed by atoms with Gasteiger partial charge in [-0.15, -0.1) is 0 Å². The van der Waals surface area contributed by atoms with Crippen molar-refractivity contribution in [3.05, 3.63) is 11.8 Å². The van der Waals surface area contributed by atoms with Crippen molar-refractivity contribution >= 4 is 17.7 Å². The molecule has 0 radical (unpaired) electrons. The van der Waals surface area contributed by atoms with Crippen LogP contribution in [0.4, 0.5) is 11.8 Å². The number of aliphatic hydroxyl groups is 1. The first-order valence-corrected chi connectivity index (χ1v) is 7.80. The molecular formula is C15H25N5O2. The first kappa shape index (κ1) is 16.5. The lowest BCUT2D eigenvalue weighted by Crippen LogP contribution is -2.28. The number of carbonyl (C=O) groups is 1. The molecule has 0 aliphatic heterocycles. The van der Waals surface area contributed by atoms with E-state index in [0.29, 0.717) is 29.3 Å². The van der Waals surface area contributed by atoms with E-state index in [0.717, 1.165) is 25.7 Å². The van der Waals surface area contributed by atoms with E-state index in [1.165, 1.54) is 6.20 Å². The number of rotatable bonds is 6. The highest BCUT2D eigenvalue weighted by molar-refractivity contribution is 5.97. The fourth-order valence-corrected chi connectivity index (χ4v) is 2.69. The molecule has 0 unspecified atom stereocenters. The van der Waals surface area contributed by atoms with Crippen molar-refractivity contribution in [2.45, 2.75) is 51.6 Å². The molecule has 5 N–H and O–H groups in total. The third-order valence-electron chi connectivity index (χ3n) is 3.92. The van der Waals surface area contributed by atoms with Gasteiger partial charge in [0, 0.05) is 24.9 Å². The van der Waals surface area contributed by atoms with Crippen molar-refractivity contribution in [2.24, 2.45) is 11.7 Å². The third-order valence-corrected chi connectivity index (χ3v) is 3.92. The molecule has 1 aliphatic rings. The summed E-state index contributed by atoms with van der Waals surface area (Å²) < 4.78 is 0. The first-order valence-electron chi connectivity index (χ1n) is 7.80. The van der Waals surface area contributed by atoms with E-state index >= 15 is 0 Å². The van der Waals surface area contributed by atoms with E-state index in [-0.39, 0.29) is 12.6 Å². The van der Waals surface area contributed by atoms with Crippen LogP contribution in [0.1, 0.15) is 49.9 Å². The third kappa shape index (κ3) is 4.30. The van der Waals surface area contributed by atoms with Crippen molar-refractivity contribution in [1.29, 1.82) is 0 Å². The van der Waals surface area contributed by atoms with Crippen LogP contribution in [0.3, 0.4) is 0 Å². The molecule has 1 heterocycles. The molecule has 1 aromatic heterocycles. The van der Waals surface area contributed by atoms with Crippen LogP contribution < -0.4 is 16.4 Å². The van der Waals surface area contributed by atoms with Crippen molar-refractivity contribution in [3.8, 4) is 0 Å². The van der Waals surface area contributed by atoms with Gasteiger partial charge in [-0.2, -0.15) is 4.98 Å². The fraction of sp³-hybridized carbons (Fsp3) is 0.667. The highest BCUT2D eigenvalue weighted by Crippen LogP contribution is 2.26. The number of nitrogens with two attached hydrogens (primary N) is 1. The number of carbonyl (C=O) groups excluding carboxylic acids is 1. The summed E-state index contributed by atoms with van der Waals surface area (Å²) in [5.74, 6) is 0.831. The highest BCUT2D eigenvalue weighted by Gasteiger charge is 2.21. The maximum Gasteiger partial charge on any atom is 0.254 e. The summed E-state index contributed by atoms with van der Waals surface area (Å²) in [4.78, 5) is 20.0. The van der Waals surface area contributed by atoms with Crippen LogP contribution >= 0.6 is 0 Å². The van der Waals surface area contributed by atoms with Gasteiger partial charge >= 0.3 is 0 Å². The molecule has 0 spiro atoms. The van der Waals surface area contributed by atoms with Crippen LogP contribution in [0, 0.1) is 5.92 Å². The number of primary amides is 1. The summed E-state index contributed by atoms with van der Waals surface area (Å²) in [6.07, 6.45) is 5.44. The Morgan fingerprint density at radius 1 is 1.41 bits per heavy atom. The average Bonchev–Trinajstić information content (AvgIpc) is 2.47. The monoisotopic (exact) mass is 307 g/mol. The standard InChI is InChI=1S/C15H25N5O2/c1-9(2)18-14-12(13(16)22)7-17-15(20-14)19-11-5-3-10(8-21)4-6-11/h7,9-11,21H,3-6,8H2,1-2H3,(H2,16,22)(H2,17,18,19,20). The molecule has 7 nitrogen and oxygen atoms in total. The van der Waals surface area contributed by atoms with E-state index in [4.69, 9.17) is 5.73 Å². The summed E-state index contributed by atoms with van der Waals surface area (Å²) in [6.45, 7) is 4.20. The minimum Gasteiger partial charge on any atom is -0.396 e. The second-order valence-electron chi connectivity index (χ2n) is 6.16. The van der Waals surface area contributed by atoms with E-state index in [1.54, 1.807) is 0 Å². The van der Waals surface area contributed by atoms with Crippen LogP contribution in [-0.2, 0) is 0 Å². The van der Waals surface area contributed by atoms with Gasteiger partial charge in [0.2, 0.25) is 5.95 Å². The molecular weight excluding hydrogens is 282 g/mol. The Labute approximate surface area is 130 Å². The topological polar surface area (TPSA) is 113 Å². The van der Waals surface area contributed by atoms with Gasteiger partial charge in [0.05, 0.1) is 5.56 Å². The van der Waals surface area contributed by atoms with Gasteiger partial charge in [0.1, 0.15) is 5.82 Å². The lowest BCUT2D eigenvalue weighted by Gasteiger charge is -2.28. The van der Waals surface area contributed by atoms with E-state index < -0.39 is 5.91 Å². The Hall–Kier alpha value is -1.89. The van der Waals surface area contributed by atoms with Gasteiger partial charge < -0.3 is 21.5 Å². The Balaban J connectivity index is 2.07. The SMILES string of the molecule is CC(C)Nc1nc(NC2CCC(CO)CC2)ncc1C(N)=O. The largest absolute Gasteiger partial charge is 0.396 e. The lowest BCUT2D eigenvalue weighted by atomic mass is 9.87. The molecule has 1 amide bonds. The van der Waals surface area contributed by atoms with Gasteiger partial charge in [0.25, 0.3) is 5.91 Å². The maximum atomic E-state index is 11.4. The maximum absolute atomic E-state index is 11.4. The molecule has 0 atom stereocenters. The normalized spacial score (nSPS) is 21.6. The molecule has 7 heteroatoms. The quantitative estimate of drug-likeness (QED) is 0.631. The predicted octanol–water partition coefficient (Wildman–Crippen LogP) is 1.36. The van der Waals surface area contributed by atoms with Crippen molar-refractivity contribution < 1.29 is 9.90 Å². The Morgan fingerprint density at radius 2 is 2.09 bits per heavy atom. The van der Waals surface area contributed by atoms with Gasteiger partial charge in [0.15, 0.2) is 0 Å². The molecule has 0 saturated heterocycles. The van der Waals surface area contributed by atoms with Gasteiger partial charge in [-0.05, 0) is 45.4 Å². The Bertz CT molecular complexity index is 513. The molecule has 1 fully saturated rings. The van der Waals surface area contributed by atoms with Crippen LogP contribution in [0.5, 0.6) is 0 Å². The molecule has 122 valence electrons. The summed E-state index contributed by atoms with van der Waals surface area (Å²) in [7, 11) is 0. The van der Waals surface area contributed by atoms with Gasteiger partial charge in [-0.3, -0.25) is 4.79 Å². The molecule has 0 aromatic carbocycles. The number of nitrogens with zero attached hydrogens (tertiary/aromatic N) is 2. The van der Waals surface area contributed by atoms with Gasteiger partial charge in [-0.25, -0.2) is 4.98 Å². The molecule has 1 aromatic rings. The van der Waals surface area contributed by atoms with E-state index in [2.05, 4.69) is 20.6 Å². The van der Waals surface area contributed by atoms with E-state index in [9.17, 15) is 9.90 Å². The molecule has 0 bridgehead atoms. The number of hydrogen-bond donors (Lipinski definition) is 4. The molecule has 2 rings (SSSR count). The first-order chi connectivity index (χ1) is 10.5. The minimum atomic E-state index is -0.543. The highest BCUT2D eigenvalue weighted by atomic mass is 16.3. The second-order valence-corrected chi connectivity index (χ2v) is 6.16. The minimum absolute atomic E-state index is 0.140. The van der Waals surface area contributed by atoms with Crippen LogP contribution in [0.15, 0.2) is 6.20 Å². The van der Waals surface area contributed by atoms with Crippen molar-refractivity contribution in [1.82, 2.24) is 9.97 Å². The van der Waals surface area contributed by atoms with Gasteiger partial charge in [-0.1, -0.05) is 0 Å². The Morgan fingerprint density at radius 3 is 2.64 bits per heavy atom. The molecule has 1 aliphatic carbocycles. The summed E-state index contributed by atoms with van der Waals surface area (Å²) in [6, 6.07) is 0.440. The predicted molar refractivity (Wildman–Crippen MR) is 85.8 cm³/mol. The van der Waals surface area contributed by atoms with Crippen molar-refractivity contribution in [3.63, 3.8) is 0 Å². The van der Waals surface area contributed by atoms with Crippen LogP contribution in [0.2, 0.25) is 0 Å².